The van der Waals surface area contributed by atoms with Gasteiger partial charge in [-0.3, -0.25) is 4.79 Å². The van der Waals surface area contributed by atoms with Gasteiger partial charge in [-0.05, 0) is 110 Å². The molecule has 11 atom stereocenters. The first-order chi connectivity index (χ1) is 17.9. The Bertz CT molecular complexity index is 1010. The van der Waals surface area contributed by atoms with Crippen molar-refractivity contribution < 1.29 is 25.2 Å². The molecule has 0 aliphatic heterocycles. The molecular weight excluding hydrogens is 476 g/mol. The quantitative estimate of drug-likeness (QED) is 0.342. The summed E-state index contributed by atoms with van der Waals surface area (Å²) in [5.41, 5.74) is -0.912. The van der Waals surface area contributed by atoms with Crippen LogP contribution in [0.15, 0.2) is 30.3 Å². The van der Waals surface area contributed by atoms with Crippen molar-refractivity contribution in [3.8, 4) is 0 Å². The molecular formula is C33H50O5. The van der Waals surface area contributed by atoms with Crippen LogP contribution in [0.25, 0.3) is 0 Å². The van der Waals surface area contributed by atoms with Crippen molar-refractivity contribution in [1.29, 1.82) is 0 Å². The normalized spacial score (nSPS) is 44.8. The van der Waals surface area contributed by atoms with Crippen molar-refractivity contribution in [2.45, 2.75) is 116 Å². The molecule has 0 saturated heterocycles. The highest BCUT2D eigenvalue weighted by molar-refractivity contribution is 5.66. The van der Waals surface area contributed by atoms with Gasteiger partial charge >= 0.3 is 5.97 Å². The fourth-order valence-corrected chi connectivity index (χ4v) is 11.1. The average Bonchev–Trinajstić information content (AvgIpc) is 3.27. The van der Waals surface area contributed by atoms with E-state index in [0.29, 0.717) is 42.9 Å². The number of aliphatic carboxylic acids is 1. The maximum atomic E-state index is 12.7. The Labute approximate surface area is 229 Å². The minimum Gasteiger partial charge on any atom is -0.481 e. The number of carbonyl (C=O) groups is 1. The van der Waals surface area contributed by atoms with Gasteiger partial charge < -0.3 is 20.4 Å². The predicted octanol–water partition coefficient (Wildman–Crippen LogP) is 6.15. The second-order valence-corrected chi connectivity index (χ2v) is 14.1. The Morgan fingerprint density at radius 1 is 1.05 bits per heavy atom. The van der Waals surface area contributed by atoms with Gasteiger partial charge in [-0.25, -0.2) is 0 Å². The fraction of sp³-hybridized carbons (Fsp3) is 0.788. The van der Waals surface area contributed by atoms with Crippen LogP contribution in [-0.2, 0) is 10.4 Å². The minimum atomic E-state index is -1.04. The molecule has 0 aromatic heterocycles. The van der Waals surface area contributed by atoms with E-state index >= 15 is 0 Å². The lowest BCUT2D eigenvalue weighted by atomic mass is 9.35. The predicted molar refractivity (Wildman–Crippen MR) is 148 cm³/mol. The molecule has 0 amide bonds. The number of rotatable bonds is 7. The molecule has 5 heteroatoms. The van der Waals surface area contributed by atoms with Gasteiger partial charge in [0, 0.05) is 11.8 Å². The second-order valence-electron chi connectivity index (χ2n) is 14.1. The van der Waals surface area contributed by atoms with E-state index in [-0.39, 0.29) is 23.2 Å². The third-order valence-electron chi connectivity index (χ3n) is 13.1. The van der Waals surface area contributed by atoms with Crippen LogP contribution in [0.2, 0.25) is 0 Å². The number of fused-ring (bicyclic) bond motifs is 5. The summed E-state index contributed by atoms with van der Waals surface area (Å²) < 4.78 is 0. The molecule has 212 valence electrons. The molecule has 1 aromatic carbocycles. The van der Waals surface area contributed by atoms with Crippen LogP contribution in [0.3, 0.4) is 0 Å². The molecule has 4 fully saturated rings. The summed E-state index contributed by atoms with van der Waals surface area (Å²) in [6, 6.07) is 10.1. The first kappa shape index (κ1) is 28.1. The summed E-state index contributed by atoms with van der Waals surface area (Å²) >= 11 is 0. The maximum absolute atomic E-state index is 12.7. The molecule has 5 nitrogen and oxygen atoms in total. The number of aliphatic hydroxyl groups is 3. The summed E-state index contributed by atoms with van der Waals surface area (Å²) in [4.78, 5) is 11.3. The topological polar surface area (TPSA) is 98.0 Å². The number of hydrogen-bond acceptors (Lipinski definition) is 4. The van der Waals surface area contributed by atoms with Crippen LogP contribution < -0.4 is 0 Å². The highest BCUT2D eigenvalue weighted by Crippen LogP contribution is 2.74. The van der Waals surface area contributed by atoms with Gasteiger partial charge in [0.05, 0.1) is 17.8 Å². The molecule has 4 N–H and O–H groups in total. The van der Waals surface area contributed by atoms with E-state index in [9.17, 15) is 25.2 Å². The van der Waals surface area contributed by atoms with Crippen LogP contribution >= 0.6 is 0 Å². The molecule has 4 saturated carbocycles. The minimum absolute atomic E-state index is 0.189. The van der Waals surface area contributed by atoms with Crippen molar-refractivity contribution in [3.63, 3.8) is 0 Å². The van der Waals surface area contributed by atoms with Crippen molar-refractivity contribution in [1.82, 2.24) is 0 Å². The Hall–Kier alpha value is -1.43. The lowest BCUT2D eigenvalue weighted by Gasteiger charge is -2.70. The molecule has 1 aromatic rings. The zero-order valence-electron chi connectivity index (χ0n) is 23.9. The molecule has 0 radical (unpaired) electrons. The van der Waals surface area contributed by atoms with Gasteiger partial charge in [-0.15, -0.1) is 0 Å². The number of aliphatic hydroxyl groups excluding tert-OH is 2. The van der Waals surface area contributed by atoms with E-state index in [0.717, 1.165) is 50.5 Å². The molecule has 0 spiro atoms. The lowest BCUT2D eigenvalue weighted by Crippen LogP contribution is -2.67. The Morgan fingerprint density at radius 2 is 1.76 bits per heavy atom. The SMILES string of the molecule is CC[C@@](O)(c1ccccc1)[C@]12CC[C@H]3[C@@H]4CC[C@H]([C@H](C)CCC(=O)O)[C@@]4(C)[C@@H](O)C[C@@H]3[C@@]1(C)CC[C@@H](O)C2. The Kier molecular flexibility index (Phi) is 7.31. The number of hydrogen-bond donors (Lipinski definition) is 4. The largest absolute Gasteiger partial charge is 0.481 e. The van der Waals surface area contributed by atoms with Crippen molar-refractivity contribution in [2.75, 3.05) is 0 Å². The zero-order valence-corrected chi connectivity index (χ0v) is 23.9. The molecule has 0 bridgehead atoms. The van der Waals surface area contributed by atoms with E-state index in [1.54, 1.807) is 0 Å². The van der Waals surface area contributed by atoms with E-state index in [4.69, 9.17) is 0 Å². The van der Waals surface area contributed by atoms with Crippen LogP contribution in [-0.4, -0.2) is 38.6 Å². The molecule has 4 aliphatic rings. The standard InChI is InChI=1S/C33H50O5/c1-5-33(38,22-9-7-6-8-10-22)32-18-16-24-26-13-12-25(21(2)11-14-29(36)37)31(26,4)28(35)19-27(24)30(32,3)17-15-23(34)20-32/h6-10,21,23-28,34-35,38H,5,11-20H2,1-4H3,(H,36,37)/t21-,23-,24+,25-,26+,27+,28+,30-,31-,32+,33-/m1/s1. The summed E-state index contributed by atoms with van der Waals surface area (Å²) in [5, 5.41) is 45.0. The van der Waals surface area contributed by atoms with Gasteiger partial charge in [-0.2, -0.15) is 0 Å². The van der Waals surface area contributed by atoms with Crippen molar-refractivity contribution in [2.24, 2.45) is 45.8 Å². The van der Waals surface area contributed by atoms with E-state index in [1.165, 1.54) is 0 Å². The van der Waals surface area contributed by atoms with Gasteiger partial charge in [0.2, 0.25) is 0 Å². The summed E-state index contributed by atoms with van der Waals surface area (Å²) in [7, 11) is 0. The smallest absolute Gasteiger partial charge is 0.303 e. The lowest BCUT2D eigenvalue weighted by molar-refractivity contribution is -0.269. The van der Waals surface area contributed by atoms with Crippen LogP contribution in [0.5, 0.6) is 0 Å². The highest BCUT2D eigenvalue weighted by atomic mass is 16.4. The molecule has 4 aliphatic carbocycles. The zero-order chi connectivity index (χ0) is 27.5. The molecule has 38 heavy (non-hydrogen) atoms. The summed E-state index contributed by atoms with van der Waals surface area (Å²) in [5.74, 6) is 1.09. The van der Waals surface area contributed by atoms with Gasteiger partial charge in [0.15, 0.2) is 0 Å². The highest BCUT2D eigenvalue weighted by Gasteiger charge is 2.71. The number of carboxylic acid groups (broad SMARTS) is 1. The third kappa shape index (κ3) is 3.85. The maximum Gasteiger partial charge on any atom is 0.303 e. The van der Waals surface area contributed by atoms with Crippen LogP contribution in [0.4, 0.5) is 0 Å². The number of carboxylic acids is 1. The van der Waals surface area contributed by atoms with E-state index < -0.39 is 29.2 Å². The summed E-state index contributed by atoms with van der Waals surface area (Å²) in [6.07, 6.45) is 7.67. The molecule has 5 rings (SSSR count). The van der Waals surface area contributed by atoms with Gasteiger partial charge in [-0.1, -0.05) is 58.0 Å². The van der Waals surface area contributed by atoms with Gasteiger partial charge in [0.25, 0.3) is 0 Å². The van der Waals surface area contributed by atoms with Crippen molar-refractivity contribution >= 4 is 5.97 Å². The van der Waals surface area contributed by atoms with Crippen LogP contribution in [0.1, 0.15) is 104 Å². The van der Waals surface area contributed by atoms with Gasteiger partial charge in [0.1, 0.15) is 0 Å². The second kappa shape index (κ2) is 9.89. The number of benzene rings is 1. The Morgan fingerprint density at radius 3 is 2.42 bits per heavy atom. The Balaban J connectivity index is 1.52. The van der Waals surface area contributed by atoms with Crippen LogP contribution in [0, 0.1) is 45.8 Å². The third-order valence-corrected chi connectivity index (χ3v) is 13.1. The molecule has 0 heterocycles. The monoisotopic (exact) mass is 526 g/mol. The fourth-order valence-electron chi connectivity index (χ4n) is 11.1. The van der Waals surface area contributed by atoms with E-state index in [2.05, 4.69) is 39.8 Å². The van der Waals surface area contributed by atoms with Crippen molar-refractivity contribution in [3.05, 3.63) is 35.9 Å². The van der Waals surface area contributed by atoms with E-state index in [1.807, 2.05) is 18.2 Å². The first-order valence-corrected chi connectivity index (χ1v) is 15.3. The summed E-state index contributed by atoms with van der Waals surface area (Å²) in [6.45, 7) is 8.96. The first-order valence-electron chi connectivity index (χ1n) is 15.3. The molecule has 0 unspecified atom stereocenters. The average molecular weight is 527 g/mol.